The van der Waals surface area contributed by atoms with Crippen molar-refractivity contribution >= 4 is 37.3 Å². The number of methoxy groups -OCH3 is 3. The summed E-state index contributed by atoms with van der Waals surface area (Å²) in [5, 5.41) is 0.171. The van der Waals surface area contributed by atoms with Gasteiger partial charge < -0.3 is 19.1 Å². The molecule has 41 heavy (non-hydrogen) atoms. The van der Waals surface area contributed by atoms with E-state index in [4.69, 9.17) is 25.8 Å². The number of hydrogen-bond donors (Lipinski definition) is 0. The Morgan fingerprint density at radius 1 is 0.805 bits per heavy atom. The number of likely N-dealkylation sites (N-methyl/N-ethyl adjacent to an activating group) is 1. The summed E-state index contributed by atoms with van der Waals surface area (Å²) in [6.45, 7) is 1.35. The Morgan fingerprint density at radius 2 is 1.44 bits per heavy atom. The summed E-state index contributed by atoms with van der Waals surface area (Å²) in [6, 6.07) is 16.6. The summed E-state index contributed by atoms with van der Waals surface area (Å²) < 4.78 is 72.2. The van der Waals surface area contributed by atoms with Crippen molar-refractivity contribution in [2.24, 2.45) is 0 Å². The number of anilines is 1. The van der Waals surface area contributed by atoms with Gasteiger partial charge in [-0.15, -0.1) is 0 Å². The van der Waals surface area contributed by atoms with Crippen LogP contribution in [0, 0.1) is 0 Å². The Kier molecular flexibility index (Phi) is 9.70. The number of nitrogens with zero attached hydrogens (tertiary/aromatic N) is 3. The van der Waals surface area contributed by atoms with Gasteiger partial charge in [-0.3, -0.25) is 0 Å². The molecule has 222 valence electrons. The highest BCUT2D eigenvalue weighted by Crippen LogP contribution is 2.34. The van der Waals surface area contributed by atoms with Gasteiger partial charge >= 0.3 is 0 Å². The topological polar surface area (TPSA) is 106 Å². The number of rotatable bonds is 11. The predicted octanol–water partition coefficient (Wildman–Crippen LogP) is 3.74. The first kappa shape index (κ1) is 30.9. The van der Waals surface area contributed by atoms with Crippen molar-refractivity contribution in [2.75, 3.05) is 66.0 Å². The van der Waals surface area contributed by atoms with Gasteiger partial charge in [-0.2, -0.15) is 4.31 Å². The summed E-state index contributed by atoms with van der Waals surface area (Å²) in [7, 11) is -1.43. The van der Waals surface area contributed by atoms with E-state index in [1.165, 1.54) is 27.9 Å². The van der Waals surface area contributed by atoms with Crippen molar-refractivity contribution in [1.29, 1.82) is 0 Å². The monoisotopic (exact) mass is 623 g/mol. The van der Waals surface area contributed by atoms with E-state index in [0.717, 1.165) is 5.56 Å². The van der Waals surface area contributed by atoms with Gasteiger partial charge in [0.2, 0.25) is 20.0 Å². The van der Waals surface area contributed by atoms with Crippen molar-refractivity contribution in [3.63, 3.8) is 0 Å². The van der Waals surface area contributed by atoms with Gasteiger partial charge in [0.15, 0.2) is 11.5 Å². The number of benzene rings is 3. The Bertz CT molecular complexity index is 1590. The molecule has 1 saturated heterocycles. The molecule has 1 heterocycles. The molecule has 0 spiro atoms. The zero-order valence-electron chi connectivity index (χ0n) is 23.4. The largest absolute Gasteiger partial charge is 0.495 e. The lowest BCUT2D eigenvalue weighted by atomic mass is 10.1. The smallest absolute Gasteiger partial charge is 0.244 e. The van der Waals surface area contributed by atoms with Crippen molar-refractivity contribution in [1.82, 2.24) is 8.61 Å². The zero-order chi connectivity index (χ0) is 29.8. The van der Waals surface area contributed by atoms with E-state index >= 15 is 0 Å². The van der Waals surface area contributed by atoms with Crippen molar-refractivity contribution < 1.29 is 31.0 Å². The van der Waals surface area contributed by atoms with Gasteiger partial charge in [0, 0.05) is 39.8 Å². The van der Waals surface area contributed by atoms with Crippen molar-refractivity contribution in [2.45, 2.75) is 16.2 Å². The van der Waals surface area contributed by atoms with Crippen LogP contribution < -0.4 is 19.1 Å². The second-order valence-electron chi connectivity index (χ2n) is 9.42. The molecule has 0 aromatic heterocycles. The molecule has 0 saturated carbocycles. The molecule has 10 nitrogen and oxygen atoms in total. The maximum absolute atomic E-state index is 13.5. The average Bonchev–Trinajstić information content (AvgIpc) is 2.99. The highest BCUT2D eigenvalue weighted by Gasteiger charge is 2.31. The van der Waals surface area contributed by atoms with Crippen molar-refractivity contribution in [3.8, 4) is 17.2 Å². The molecule has 0 amide bonds. The van der Waals surface area contributed by atoms with E-state index in [0.29, 0.717) is 42.4 Å². The Morgan fingerprint density at radius 3 is 2.07 bits per heavy atom. The fraction of sp³-hybridized carbons (Fsp3) is 0.357. The minimum atomic E-state index is -3.82. The molecule has 1 aliphatic rings. The molecule has 0 bridgehead atoms. The van der Waals surface area contributed by atoms with E-state index in [-0.39, 0.29) is 34.4 Å². The molecule has 3 aromatic carbocycles. The third kappa shape index (κ3) is 6.57. The second-order valence-corrected chi connectivity index (χ2v) is 13.8. The summed E-state index contributed by atoms with van der Waals surface area (Å²) in [5.74, 6) is 1.68. The van der Waals surface area contributed by atoms with Gasteiger partial charge in [0.25, 0.3) is 0 Å². The first-order valence-electron chi connectivity index (χ1n) is 12.9. The maximum Gasteiger partial charge on any atom is 0.244 e. The number of ether oxygens (including phenoxy) is 3. The third-order valence-corrected chi connectivity index (χ3v) is 11.3. The predicted molar refractivity (Wildman–Crippen MR) is 158 cm³/mol. The first-order chi connectivity index (χ1) is 19.5. The van der Waals surface area contributed by atoms with Crippen LogP contribution in [0.15, 0.2) is 70.5 Å². The summed E-state index contributed by atoms with van der Waals surface area (Å²) in [6.07, 6.45) is 0.473. The minimum Gasteiger partial charge on any atom is -0.495 e. The highest BCUT2D eigenvalue weighted by molar-refractivity contribution is 7.89. The zero-order valence-corrected chi connectivity index (χ0v) is 25.8. The van der Waals surface area contributed by atoms with E-state index in [9.17, 15) is 16.8 Å². The van der Waals surface area contributed by atoms with Crippen molar-refractivity contribution in [3.05, 3.63) is 71.2 Å². The molecule has 1 fully saturated rings. The SMILES string of the molecule is COc1ccc(CCN(C)S(=O)(=O)c2ccc(OC)c(N3CCN(S(=O)(=O)c4ccccc4Cl)CC3)c2)cc1OC. The fourth-order valence-corrected chi connectivity index (χ4v) is 7.77. The van der Waals surface area contributed by atoms with E-state index in [1.54, 1.807) is 57.7 Å². The van der Waals surface area contributed by atoms with Crippen LogP contribution >= 0.6 is 11.6 Å². The summed E-state index contributed by atoms with van der Waals surface area (Å²) in [4.78, 5) is 2.12. The molecule has 0 N–H and O–H groups in total. The van der Waals surface area contributed by atoms with Gasteiger partial charge in [-0.1, -0.05) is 29.8 Å². The molecule has 4 rings (SSSR count). The Labute approximate surface area is 247 Å². The number of hydrogen-bond acceptors (Lipinski definition) is 8. The lowest BCUT2D eigenvalue weighted by Crippen LogP contribution is -2.48. The Hall–Kier alpha value is -3.03. The van der Waals surface area contributed by atoms with Crippen LogP contribution in [0.4, 0.5) is 5.69 Å². The molecule has 13 heteroatoms. The Balaban J connectivity index is 1.49. The summed E-state index contributed by atoms with van der Waals surface area (Å²) >= 11 is 6.16. The fourth-order valence-electron chi connectivity index (χ4n) is 4.66. The van der Waals surface area contributed by atoms with Gasteiger partial charge in [0.1, 0.15) is 10.6 Å². The maximum atomic E-state index is 13.5. The van der Waals surface area contributed by atoms with Crippen LogP contribution in [0.25, 0.3) is 0 Å². The number of halogens is 1. The first-order valence-corrected chi connectivity index (χ1v) is 16.1. The number of piperazine rings is 1. The molecule has 0 aliphatic carbocycles. The van der Waals surface area contributed by atoms with Crippen LogP contribution in [0.1, 0.15) is 5.56 Å². The lowest BCUT2D eigenvalue weighted by molar-refractivity contribution is 0.354. The quantitative estimate of drug-likeness (QED) is 0.318. The van der Waals surface area contributed by atoms with E-state index in [1.807, 2.05) is 17.0 Å². The average molecular weight is 624 g/mol. The van der Waals surface area contributed by atoms with Crippen LogP contribution in [-0.2, 0) is 26.5 Å². The molecule has 1 aliphatic heterocycles. The van der Waals surface area contributed by atoms with Crippen LogP contribution in [-0.4, -0.2) is 86.5 Å². The molecule has 0 radical (unpaired) electrons. The normalized spacial score (nSPS) is 14.7. The molecule has 0 unspecified atom stereocenters. The molecule has 3 aromatic rings. The summed E-state index contributed by atoms with van der Waals surface area (Å²) in [5.41, 5.74) is 1.49. The van der Waals surface area contributed by atoms with E-state index < -0.39 is 20.0 Å². The van der Waals surface area contributed by atoms with Crippen LogP contribution in [0.2, 0.25) is 5.02 Å². The second kappa shape index (κ2) is 12.9. The van der Waals surface area contributed by atoms with E-state index in [2.05, 4.69) is 0 Å². The number of sulfonamides is 2. The third-order valence-electron chi connectivity index (χ3n) is 7.06. The molecule has 0 atom stereocenters. The standard InChI is InChI=1S/C28H34ClN3O7S2/c1-30(14-13-21-9-11-26(38-3)27(19-21)39-4)40(33,34)22-10-12-25(37-2)24(20-22)31-15-17-32(18-16-31)41(35,36)28-8-6-5-7-23(28)29/h5-12,19-20H,13-18H2,1-4H3. The van der Waals surface area contributed by atoms with Gasteiger partial charge in [-0.05, 0) is 54.4 Å². The lowest BCUT2D eigenvalue weighted by Gasteiger charge is -2.36. The highest BCUT2D eigenvalue weighted by atomic mass is 35.5. The minimum absolute atomic E-state index is 0.0666. The van der Waals surface area contributed by atoms with Crippen LogP contribution in [0.3, 0.4) is 0 Å². The van der Waals surface area contributed by atoms with Crippen LogP contribution in [0.5, 0.6) is 17.2 Å². The van der Waals surface area contributed by atoms with Gasteiger partial charge in [0.05, 0.1) is 36.9 Å². The molecular formula is C28H34ClN3O7S2. The molecular weight excluding hydrogens is 590 g/mol. The van der Waals surface area contributed by atoms with Gasteiger partial charge in [-0.25, -0.2) is 21.1 Å².